The van der Waals surface area contributed by atoms with Crippen molar-refractivity contribution < 1.29 is 18.0 Å². The molecule has 7 nitrogen and oxygen atoms in total. The van der Waals surface area contributed by atoms with Gasteiger partial charge in [0.15, 0.2) is 0 Å². The molecule has 2 aliphatic heterocycles. The van der Waals surface area contributed by atoms with E-state index in [0.717, 1.165) is 23.4 Å². The average Bonchev–Trinajstić information content (AvgIpc) is 3.34. The van der Waals surface area contributed by atoms with Gasteiger partial charge < -0.3 is 9.80 Å². The number of anilines is 2. The fraction of sp³-hybridized carbons (Fsp3) is 0.417. The summed E-state index contributed by atoms with van der Waals surface area (Å²) in [6, 6.07) is 14.3. The first-order chi connectivity index (χ1) is 15.8. The number of sulfonamides is 1. The summed E-state index contributed by atoms with van der Waals surface area (Å²) in [7, 11) is -3.64. The minimum absolute atomic E-state index is 0.146. The molecule has 0 radical (unpaired) electrons. The number of para-hydroxylation sites is 1. The summed E-state index contributed by atoms with van der Waals surface area (Å²) >= 11 is 1.52. The normalized spacial score (nSPS) is 19.3. The number of benzene rings is 2. The molecule has 2 amide bonds. The van der Waals surface area contributed by atoms with Gasteiger partial charge in [0, 0.05) is 41.9 Å². The molecule has 0 bridgehead atoms. The van der Waals surface area contributed by atoms with Gasteiger partial charge in [-0.2, -0.15) is 4.31 Å². The highest BCUT2D eigenvalue weighted by atomic mass is 32.2. The van der Waals surface area contributed by atoms with Crippen molar-refractivity contribution in [2.75, 3.05) is 41.7 Å². The Labute approximate surface area is 199 Å². The molecule has 0 unspecified atom stereocenters. The van der Waals surface area contributed by atoms with E-state index in [1.807, 2.05) is 44.2 Å². The Hall–Kier alpha value is -2.36. The van der Waals surface area contributed by atoms with Gasteiger partial charge in [-0.3, -0.25) is 9.59 Å². The third kappa shape index (κ3) is 4.81. The Morgan fingerprint density at radius 3 is 2.48 bits per heavy atom. The summed E-state index contributed by atoms with van der Waals surface area (Å²) in [4.78, 5) is 30.7. The maximum atomic E-state index is 13.3. The molecule has 2 aromatic carbocycles. The van der Waals surface area contributed by atoms with Crippen molar-refractivity contribution in [1.29, 1.82) is 0 Å². The molecule has 0 saturated carbocycles. The van der Waals surface area contributed by atoms with Gasteiger partial charge >= 0.3 is 0 Å². The van der Waals surface area contributed by atoms with Crippen molar-refractivity contribution in [1.82, 2.24) is 4.31 Å². The standard InChI is InChI=1S/C24H29N3O4S2/c1-3-26(19-9-5-4-6-10-19)23(28)16-27-21-15-20(33(30,31)25-13-7-8-14-25)11-12-22(21)32-17-18(2)24(27)29/h4-6,9-12,15,18H,3,7-8,13-14,16-17H2,1-2H3/t18-/m1/s1. The zero-order valence-corrected chi connectivity index (χ0v) is 20.6. The van der Waals surface area contributed by atoms with Gasteiger partial charge in [0.05, 0.1) is 10.6 Å². The second kappa shape index (κ2) is 9.87. The lowest BCUT2D eigenvalue weighted by atomic mass is 10.1. The van der Waals surface area contributed by atoms with Crippen LogP contribution in [0.4, 0.5) is 11.4 Å². The van der Waals surface area contributed by atoms with Gasteiger partial charge in [-0.1, -0.05) is 25.1 Å². The minimum Gasteiger partial charge on any atom is -0.311 e. The monoisotopic (exact) mass is 487 g/mol. The van der Waals surface area contributed by atoms with Crippen molar-refractivity contribution in [3.8, 4) is 0 Å². The molecular weight excluding hydrogens is 458 g/mol. The van der Waals surface area contributed by atoms with E-state index in [9.17, 15) is 18.0 Å². The van der Waals surface area contributed by atoms with E-state index in [2.05, 4.69) is 0 Å². The summed E-state index contributed by atoms with van der Waals surface area (Å²) in [6.07, 6.45) is 1.70. The maximum absolute atomic E-state index is 13.3. The number of likely N-dealkylation sites (N-methyl/N-ethyl adjacent to an activating group) is 1. The zero-order chi connectivity index (χ0) is 23.6. The lowest BCUT2D eigenvalue weighted by Crippen LogP contribution is -2.45. The van der Waals surface area contributed by atoms with E-state index in [-0.39, 0.29) is 29.2 Å². The summed E-state index contributed by atoms with van der Waals surface area (Å²) in [5.74, 6) is -0.102. The molecule has 1 atom stereocenters. The van der Waals surface area contributed by atoms with Crippen LogP contribution in [-0.4, -0.2) is 56.5 Å². The first-order valence-electron chi connectivity index (χ1n) is 11.3. The number of carbonyl (C=O) groups excluding carboxylic acids is 2. The first-order valence-corrected chi connectivity index (χ1v) is 13.7. The van der Waals surface area contributed by atoms with Crippen LogP contribution in [0.25, 0.3) is 0 Å². The quantitative estimate of drug-likeness (QED) is 0.622. The number of rotatable bonds is 6. The number of hydrogen-bond acceptors (Lipinski definition) is 5. The van der Waals surface area contributed by atoms with Crippen LogP contribution in [0.2, 0.25) is 0 Å². The second-order valence-electron chi connectivity index (χ2n) is 8.35. The molecule has 0 aromatic heterocycles. The summed E-state index contributed by atoms with van der Waals surface area (Å²) in [6.45, 7) is 5.07. The zero-order valence-electron chi connectivity index (χ0n) is 18.9. The highest BCUT2D eigenvalue weighted by Gasteiger charge is 2.33. The number of thioether (sulfide) groups is 1. The molecule has 2 heterocycles. The fourth-order valence-corrected chi connectivity index (χ4v) is 6.82. The van der Waals surface area contributed by atoms with E-state index >= 15 is 0 Å². The molecule has 176 valence electrons. The van der Waals surface area contributed by atoms with Crippen molar-refractivity contribution in [2.24, 2.45) is 5.92 Å². The smallest absolute Gasteiger partial charge is 0.247 e. The number of amides is 2. The molecule has 2 aliphatic rings. The van der Waals surface area contributed by atoms with Gasteiger partial charge in [-0.15, -0.1) is 11.8 Å². The SMILES string of the molecule is CCN(C(=O)CN1C(=O)[C@H](C)CSc2ccc(S(=O)(=O)N3CCCC3)cc21)c1ccccc1. The first kappa shape index (κ1) is 23.8. The Balaban J connectivity index is 1.70. The summed E-state index contributed by atoms with van der Waals surface area (Å²) in [5, 5.41) is 0. The molecule has 0 aliphatic carbocycles. The lowest BCUT2D eigenvalue weighted by Gasteiger charge is -2.28. The summed E-state index contributed by atoms with van der Waals surface area (Å²) in [5.41, 5.74) is 1.26. The van der Waals surface area contributed by atoms with Crippen molar-refractivity contribution in [3.63, 3.8) is 0 Å². The predicted molar refractivity (Wildman–Crippen MR) is 131 cm³/mol. The van der Waals surface area contributed by atoms with Gasteiger partial charge in [-0.05, 0) is 50.1 Å². The highest BCUT2D eigenvalue weighted by molar-refractivity contribution is 7.99. The van der Waals surface area contributed by atoms with Gasteiger partial charge in [-0.25, -0.2) is 8.42 Å². The van der Waals surface area contributed by atoms with E-state index in [4.69, 9.17) is 0 Å². The third-order valence-corrected chi connectivity index (χ3v) is 9.30. The highest BCUT2D eigenvalue weighted by Crippen LogP contribution is 2.38. The van der Waals surface area contributed by atoms with Crippen LogP contribution < -0.4 is 9.80 Å². The topological polar surface area (TPSA) is 78.0 Å². The van der Waals surface area contributed by atoms with Crippen molar-refractivity contribution in [2.45, 2.75) is 36.5 Å². The molecular formula is C24H29N3O4S2. The fourth-order valence-electron chi connectivity index (χ4n) is 4.23. The number of fused-ring (bicyclic) bond motifs is 1. The van der Waals surface area contributed by atoms with Crippen molar-refractivity contribution in [3.05, 3.63) is 48.5 Å². The lowest BCUT2D eigenvalue weighted by molar-refractivity contribution is -0.124. The second-order valence-corrected chi connectivity index (χ2v) is 11.4. The molecule has 4 rings (SSSR count). The van der Waals surface area contributed by atoms with Crippen LogP contribution in [0.3, 0.4) is 0 Å². The van der Waals surface area contributed by atoms with Gasteiger partial charge in [0.2, 0.25) is 21.8 Å². The molecule has 33 heavy (non-hydrogen) atoms. The van der Waals surface area contributed by atoms with Gasteiger partial charge in [0.25, 0.3) is 0 Å². The third-order valence-electron chi connectivity index (χ3n) is 6.08. The van der Waals surface area contributed by atoms with E-state index in [1.54, 1.807) is 23.1 Å². The Morgan fingerprint density at radius 1 is 1.12 bits per heavy atom. The number of nitrogens with zero attached hydrogens (tertiary/aromatic N) is 3. The van der Waals surface area contributed by atoms with Crippen LogP contribution in [0, 0.1) is 5.92 Å². The van der Waals surface area contributed by atoms with Crippen LogP contribution >= 0.6 is 11.8 Å². The minimum atomic E-state index is -3.64. The van der Waals surface area contributed by atoms with E-state index in [0.29, 0.717) is 31.1 Å². The predicted octanol–water partition coefficient (Wildman–Crippen LogP) is 3.60. The molecule has 0 spiro atoms. The van der Waals surface area contributed by atoms with Crippen molar-refractivity contribution >= 4 is 45.0 Å². The molecule has 9 heteroatoms. The molecule has 1 fully saturated rings. The van der Waals surface area contributed by atoms with Gasteiger partial charge in [0.1, 0.15) is 6.54 Å². The number of hydrogen-bond donors (Lipinski definition) is 0. The Bertz CT molecular complexity index is 1130. The largest absolute Gasteiger partial charge is 0.311 e. The Morgan fingerprint density at radius 2 is 1.82 bits per heavy atom. The molecule has 1 saturated heterocycles. The molecule has 0 N–H and O–H groups in total. The van der Waals surface area contributed by atoms with Crippen LogP contribution in [0.1, 0.15) is 26.7 Å². The van der Waals surface area contributed by atoms with E-state index < -0.39 is 10.0 Å². The Kier molecular flexibility index (Phi) is 7.11. The number of carbonyl (C=O) groups is 2. The van der Waals surface area contributed by atoms with Crippen LogP contribution in [-0.2, 0) is 19.6 Å². The average molecular weight is 488 g/mol. The van der Waals surface area contributed by atoms with Crippen LogP contribution in [0.15, 0.2) is 58.3 Å². The maximum Gasteiger partial charge on any atom is 0.247 e. The van der Waals surface area contributed by atoms with Crippen LogP contribution in [0.5, 0.6) is 0 Å². The molecule has 2 aromatic rings. The summed E-state index contributed by atoms with van der Waals surface area (Å²) < 4.78 is 27.8. The van der Waals surface area contributed by atoms with E-state index in [1.165, 1.54) is 21.0 Å².